The lowest BCUT2D eigenvalue weighted by atomic mass is 9.89. The maximum Gasteiger partial charge on any atom is 0.226 e. The number of rotatable bonds is 5. The number of amides is 2. The summed E-state index contributed by atoms with van der Waals surface area (Å²) < 4.78 is 5.23. The highest BCUT2D eigenvalue weighted by Gasteiger charge is 2.22. The third-order valence-corrected chi connectivity index (χ3v) is 5.83. The van der Waals surface area contributed by atoms with Crippen molar-refractivity contribution in [2.75, 3.05) is 31.6 Å². The average molecular weight is 351 g/mol. The summed E-state index contributed by atoms with van der Waals surface area (Å²) in [6.45, 7) is 4.64. The quantitative estimate of drug-likeness (QED) is 0.883. The molecule has 132 valence electrons. The first-order chi connectivity index (χ1) is 11.7. The van der Waals surface area contributed by atoms with Crippen LogP contribution in [0.5, 0.6) is 0 Å². The van der Waals surface area contributed by atoms with Gasteiger partial charge in [-0.2, -0.15) is 0 Å². The second-order valence-electron chi connectivity index (χ2n) is 6.45. The molecule has 24 heavy (non-hydrogen) atoms. The van der Waals surface area contributed by atoms with Crippen LogP contribution in [-0.2, 0) is 27.2 Å². The van der Waals surface area contributed by atoms with Gasteiger partial charge in [-0.1, -0.05) is 13.3 Å². The lowest BCUT2D eigenvalue weighted by molar-refractivity contribution is -0.136. The van der Waals surface area contributed by atoms with E-state index in [-0.39, 0.29) is 24.7 Å². The van der Waals surface area contributed by atoms with Gasteiger partial charge in [-0.3, -0.25) is 9.59 Å². The summed E-state index contributed by atoms with van der Waals surface area (Å²) in [5.41, 5.74) is 1.14. The van der Waals surface area contributed by atoms with E-state index in [1.54, 1.807) is 16.2 Å². The normalized spacial score (nSPS) is 20.5. The predicted octanol–water partition coefficient (Wildman–Crippen LogP) is 2.24. The van der Waals surface area contributed by atoms with Gasteiger partial charge in [-0.15, -0.1) is 11.3 Å². The van der Waals surface area contributed by atoms with Crippen molar-refractivity contribution in [3.63, 3.8) is 0 Å². The van der Waals surface area contributed by atoms with Crippen molar-refractivity contribution in [1.29, 1.82) is 0 Å². The Kier molecular flexibility index (Phi) is 5.84. The highest BCUT2D eigenvalue weighted by molar-refractivity contribution is 7.15. The van der Waals surface area contributed by atoms with E-state index < -0.39 is 0 Å². The van der Waals surface area contributed by atoms with Crippen LogP contribution < -0.4 is 5.32 Å². The summed E-state index contributed by atoms with van der Waals surface area (Å²) in [6, 6.07) is 0. The van der Waals surface area contributed by atoms with Crippen LogP contribution in [0.25, 0.3) is 0 Å². The van der Waals surface area contributed by atoms with Crippen molar-refractivity contribution >= 4 is 28.3 Å². The monoisotopic (exact) mass is 351 g/mol. The van der Waals surface area contributed by atoms with Crippen LogP contribution in [-0.4, -0.2) is 48.0 Å². The number of aromatic nitrogens is 1. The zero-order valence-electron chi connectivity index (χ0n) is 14.2. The molecule has 1 N–H and O–H groups in total. The molecule has 2 amide bonds. The minimum absolute atomic E-state index is 0.0256. The summed E-state index contributed by atoms with van der Waals surface area (Å²) in [4.78, 5) is 31.8. The van der Waals surface area contributed by atoms with E-state index in [0.29, 0.717) is 31.4 Å². The maximum absolute atomic E-state index is 12.1. The number of carbonyl (C=O) groups is 2. The van der Waals surface area contributed by atoms with Gasteiger partial charge in [0, 0.05) is 30.8 Å². The lowest BCUT2D eigenvalue weighted by Crippen LogP contribution is -2.40. The first kappa shape index (κ1) is 17.4. The van der Waals surface area contributed by atoms with E-state index in [0.717, 1.165) is 24.5 Å². The summed E-state index contributed by atoms with van der Waals surface area (Å²) in [6.07, 6.45) is 4.93. The number of carbonyl (C=O) groups excluding carboxylic acids is 2. The molecule has 3 rings (SSSR count). The molecule has 1 aliphatic carbocycles. The second kappa shape index (κ2) is 8.07. The fourth-order valence-corrected chi connectivity index (χ4v) is 4.36. The van der Waals surface area contributed by atoms with E-state index in [4.69, 9.17) is 4.74 Å². The zero-order valence-corrected chi connectivity index (χ0v) is 15.0. The van der Waals surface area contributed by atoms with E-state index >= 15 is 0 Å². The lowest BCUT2D eigenvalue weighted by Gasteiger charge is -2.26. The molecule has 0 spiro atoms. The molecule has 6 nitrogen and oxygen atoms in total. The number of nitrogens with zero attached hydrogens (tertiary/aromatic N) is 2. The van der Waals surface area contributed by atoms with E-state index in [2.05, 4.69) is 17.2 Å². The van der Waals surface area contributed by atoms with Gasteiger partial charge in [0.15, 0.2) is 5.13 Å². The van der Waals surface area contributed by atoms with Crippen LogP contribution in [0.3, 0.4) is 0 Å². The van der Waals surface area contributed by atoms with Crippen LogP contribution in [0.1, 0.15) is 43.2 Å². The molecule has 0 aromatic carbocycles. The fourth-order valence-electron chi connectivity index (χ4n) is 3.22. The van der Waals surface area contributed by atoms with E-state index in [1.165, 1.54) is 17.7 Å². The van der Waals surface area contributed by atoms with E-state index in [9.17, 15) is 9.59 Å². The van der Waals surface area contributed by atoms with Gasteiger partial charge in [0.05, 0.1) is 18.9 Å². The molecule has 1 aliphatic heterocycles. The van der Waals surface area contributed by atoms with Crippen LogP contribution in [0.15, 0.2) is 0 Å². The number of thiazole rings is 1. The Morgan fingerprint density at radius 2 is 2.12 bits per heavy atom. The Bertz CT molecular complexity index is 596. The molecule has 2 aliphatic rings. The first-order valence-electron chi connectivity index (χ1n) is 8.79. The topological polar surface area (TPSA) is 71.5 Å². The Morgan fingerprint density at radius 1 is 1.33 bits per heavy atom. The number of fused-ring (bicyclic) bond motifs is 1. The highest BCUT2D eigenvalue weighted by atomic mass is 32.1. The molecule has 1 saturated heterocycles. The molecule has 0 bridgehead atoms. The average Bonchev–Trinajstić information content (AvgIpc) is 3.01. The minimum atomic E-state index is -0.130. The molecule has 7 heteroatoms. The number of morpholine rings is 1. The summed E-state index contributed by atoms with van der Waals surface area (Å²) in [5, 5.41) is 3.54. The van der Waals surface area contributed by atoms with Gasteiger partial charge in [0.1, 0.15) is 0 Å². The van der Waals surface area contributed by atoms with E-state index in [1.807, 2.05) is 0 Å². The van der Waals surface area contributed by atoms with Crippen LogP contribution in [0.2, 0.25) is 0 Å². The third kappa shape index (κ3) is 4.33. The van der Waals surface area contributed by atoms with Gasteiger partial charge < -0.3 is 15.0 Å². The van der Waals surface area contributed by atoms with Gasteiger partial charge in [0.2, 0.25) is 11.8 Å². The van der Waals surface area contributed by atoms with Crippen molar-refractivity contribution < 1.29 is 14.3 Å². The fraction of sp³-hybridized carbons (Fsp3) is 0.706. The van der Waals surface area contributed by atoms with Gasteiger partial charge in [-0.25, -0.2) is 4.98 Å². The Labute approximate surface area is 146 Å². The molecular weight excluding hydrogens is 326 g/mol. The smallest absolute Gasteiger partial charge is 0.226 e. The molecule has 0 saturated carbocycles. The second-order valence-corrected chi connectivity index (χ2v) is 7.53. The number of anilines is 1. The van der Waals surface area contributed by atoms with Crippen molar-refractivity contribution in [1.82, 2.24) is 9.88 Å². The van der Waals surface area contributed by atoms with Gasteiger partial charge >= 0.3 is 0 Å². The molecule has 2 heterocycles. The minimum Gasteiger partial charge on any atom is -0.378 e. The third-order valence-electron chi connectivity index (χ3n) is 4.80. The van der Waals surface area contributed by atoms with Crippen LogP contribution in [0, 0.1) is 5.92 Å². The van der Waals surface area contributed by atoms with Crippen molar-refractivity contribution in [2.24, 2.45) is 5.92 Å². The number of hydrogen-bond acceptors (Lipinski definition) is 5. The Balaban J connectivity index is 1.47. The van der Waals surface area contributed by atoms with Crippen molar-refractivity contribution in [3.05, 3.63) is 10.6 Å². The summed E-state index contributed by atoms with van der Waals surface area (Å²) in [5.74, 6) is 0.639. The number of ether oxygens (including phenoxy) is 1. The predicted molar refractivity (Wildman–Crippen MR) is 93.2 cm³/mol. The molecule has 0 unspecified atom stereocenters. The molecule has 1 atom stereocenters. The highest BCUT2D eigenvalue weighted by Crippen LogP contribution is 2.33. The number of nitrogens with one attached hydrogen (secondary N) is 1. The molecule has 1 fully saturated rings. The largest absolute Gasteiger partial charge is 0.378 e. The molecule has 1 aromatic rings. The molecule has 1 aromatic heterocycles. The van der Waals surface area contributed by atoms with Gasteiger partial charge in [0.25, 0.3) is 0 Å². The Hall–Kier alpha value is -1.47. The first-order valence-corrected chi connectivity index (χ1v) is 9.61. The number of hydrogen-bond donors (Lipinski definition) is 1. The van der Waals surface area contributed by atoms with Crippen LogP contribution >= 0.6 is 11.3 Å². The van der Waals surface area contributed by atoms with Gasteiger partial charge in [-0.05, 0) is 25.2 Å². The summed E-state index contributed by atoms with van der Waals surface area (Å²) >= 11 is 1.59. The molecule has 0 radical (unpaired) electrons. The standard InChI is InChI=1S/C17H25N3O3S/c1-2-12-3-4-13-14(11-12)24-17(18-13)19-15(21)5-6-16(22)20-7-9-23-10-8-20/h12H,2-11H2,1H3,(H,18,19,21)/t12-/m0/s1. The molecular formula is C17H25N3O3S. The summed E-state index contributed by atoms with van der Waals surface area (Å²) in [7, 11) is 0. The zero-order chi connectivity index (χ0) is 16.9. The van der Waals surface area contributed by atoms with Crippen LogP contribution in [0.4, 0.5) is 5.13 Å². The maximum atomic E-state index is 12.1. The Morgan fingerprint density at radius 3 is 2.88 bits per heavy atom. The van der Waals surface area contributed by atoms with Crippen molar-refractivity contribution in [2.45, 2.75) is 45.4 Å². The van der Waals surface area contributed by atoms with Crippen molar-refractivity contribution in [3.8, 4) is 0 Å². The number of aryl methyl sites for hydroxylation is 1. The SMILES string of the molecule is CC[C@H]1CCc2nc(NC(=O)CCC(=O)N3CCOCC3)sc2C1.